The van der Waals surface area contributed by atoms with Crippen LogP contribution in [0.5, 0.6) is 0 Å². The van der Waals surface area contributed by atoms with Crippen molar-refractivity contribution >= 4 is 0 Å². The Bertz CT molecular complexity index is 703. The predicted octanol–water partition coefficient (Wildman–Crippen LogP) is 8.19. The highest BCUT2D eigenvalue weighted by molar-refractivity contribution is 5.25. The molecule has 9 atom stereocenters. The smallest absolute Gasteiger partial charge is 0.0577 e. The van der Waals surface area contributed by atoms with Crippen molar-refractivity contribution < 1.29 is 5.11 Å². The molecule has 0 aliphatic heterocycles. The molecule has 176 valence electrons. The molecule has 0 bridgehead atoms. The maximum Gasteiger partial charge on any atom is 0.0577 e. The van der Waals surface area contributed by atoms with E-state index in [1.165, 1.54) is 56.9 Å². The van der Waals surface area contributed by atoms with Gasteiger partial charge >= 0.3 is 0 Å². The quantitative estimate of drug-likeness (QED) is 0.424. The first-order chi connectivity index (χ1) is 14.6. The van der Waals surface area contributed by atoms with Crippen molar-refractivity contribution in [2.24, 2.45) is 52.3 Å². The highest BCUT2D eigenvalue weighted by Crippen LogP contribution is 2.67. The highest BCUT2D eigenvalue weighted by atomic mass is 16.3. The molecule has 4 aliphatic carbocycles. The summed E-state index contributed by atoms with van der Waals surface area (Å²) < 4.78 is 0. The van der Waals surface area contributed by atoms with Crippen LogP contribution in [0.2, 0.25) is 0 Å². The lowest BCUT2D eigenvalue weighted by Gasteiger charge is -2.58. The van der Waals surface area contributed by atoms with Gasteiger partial charge in [0.1, 0.15) is 0 Å². The Labute approximate surface area is 193 Å². The zero-order chi connectivity index (χ0) is 22.6. The molecule has 31 heavy (non-hydrogen) atoms. The third-order valence-electron chi connectivity index (χ3n) is 11.2. The number of hydrogen-bond acceptors (Lipinski definition) is 1. The minimum atomic E-state index is -0.0877. The van der Waals surface area contributed by atoms with E-state index in [2.05, 4.69) is 54.2 Å². The average Bonchev–Trinajstić information content (AvgIpc) is 3.05. The molecule has 1 nitrogen and oxygen atoms in total. The lowest BCUT2D eigenvalue weighted by Crippen LogP contribution is -2.50. The molecule has 3 fully saturated rings. The van der Waals surface area contributed by atoms with Crippen molar-refractivity contribution in [1.29, 1.82) is 0 Å². The van der Waals surface area contributed by atoms with Gasteiger partial charge in [-0.1, -0.05) is 58.4 Å². The standard InChI is InChI=1S/C30H50O/c1-19(2)24(20(3)4)10-8-21(5)26-12-13-27-25-11-9-22-18-23(31)14-16-29(22,6)28(25)15-17-30(26,27)7/h9,20-21,23-28,31H,1,8,10-18H2,2-7H3/t21-,23+,24+,25+,26+,27+,28+,29+,30-/m1/s1. The molecule has 0 aromatic heterocycles. The van der Waals surface area contributed by atoms with Gasteiger partial charge in [0.2, 0.25) is 0 Å². The molecule has 4 rings (SSSR count). The predicted molar refractivity (Wildman–Crippen MR) is 133 cm³/mol. The van der Waals surface area contributed by atoms with Crippen LogP contribution in [0.15, 0.2) is 23.8 Å². The molecule has 4 aliphatic rings. The fourth-order valence-corrected chi connectivity index (χ4v) is 9.41. The second-order valence-electron chi connectivity index (χ2n) is 13.1. The Kier molecular flexibility index (Phi) is 6.59. The van der Waals surface area contributed by atoms with E-state index in [4.69, 9.17) is 0 Å². The van der Waals surface area contributed by atoms with Crippen molar-refractivity contribution in [3.63, 3.8) is 0 Å². The molecule has 1 N–H and O–H groups in total. The summed E-state index contributed by atoms with van der Waals surface area (Å²) in [5.74, 6) is 5.81. The van der Waals surface area contributed by atoms with Gasteiger partial charge in [0, 0.05) is 0 Å². The molecule has 0 spiro atoms. The first-order valence-electron chi connectivity index (χ1n) is 13.6. The van der Waals surface area contributed by atoms with E-state index in [-0.39, 0.29) is 6.10 Å². The molecule has 0 aromatic rings. The molecule has 0 amide bonds. The highest BCUT2D eigenvalue weighted by Gasteiger charge is 2.59. The summed E-state index contributed by atoms with van der Waals surface area (Å²) >= 11 is 0. The molecular formula is C30H50O. The number of rotatable bonds is 6. The second kappa shape index (κ2) is 8.66. The van der Waals surface area contributed by atoms with E-state index in [1.54, 1.807) is 5.57 Å². The number of hydrogen-bond donors (Lipinski definition) is 1. The van der Waals surface area contributed by atoms with E-state index in [0.29, 0.717) is 22.7 Å². The normalized spacial score (nSPS) is 44.1. The summed E-state index contributed by atoms with van der Waals surface area (Å²) in [4.78, 5) is 0. The van der Waals surface area contributed by atoms with Crippen molar-refractivity contribution in [1.82, 2.24) is 0 Å². The Balaban J connectivity index is 1.47. The van der Waals surface area contributed by atoms with Crippen LogP contribution in [0.25, 0.3) is 0 Å². The number of fused-ring (bicyclic) bond motifs is 5. The minimum Gasteiger partial charge on any atom is -0.393 e. The Morgan fingerprint density at radius 2 is 1.81 bits per heavy atom. The van der Waals surface area contributed by atoms with E-state index in [1.807, 2.05) is 0 Å². The summed E-state index contributed by atoms with van der Waals surface area (Å²) in [7, 11) is 0. The van der Waals surface area contributed by atoms with Gasteiger partial charge in [-0.15, -0.1) is 0 Å². The van der Waals surface area contributed by atoms with E-state index in [9.17, 15) is 5.11 Å². The zero-order valence-electron chi connectivity index (χ0n) is 21.4. The number of aliphatic hydroxyl groups is 1. The van der Waals surface area contributed by atoms with E-state index in [0.717, 1.165) is 42.4 Å². The van der Waals surface area contributed by atoms with Crippen molar-refractivity contribution in [3.8, 4) is 0 Å². The molecule has 0 heterocycles. The third-order valence-corrected chi connectivity index (χ3v) is 11.2. The fourth-order valence-electron chi connectivity index (χ4n) is 9.41. The molecule has 3 saturated carbocycles. The van der Waals surface area contributed by atoms with Crippen LogP contribution in [-0.4, -0.2) is 11.2 Å². The van der Waals surface area contributed by atoms with Gasteiger partial charge in [-0.25, -0.2) is 0 Å². The number of aliphatic hydroxyl groups excluding tert-OH is 1. The second-order valence-corrected chi connectivity index (χ2v) is 13.1. The van der Waals surface area contributed by atoms with Crippen LogP contribution in [0, 0.1) is 52.3 Å². The maximum atomic E-state index is 10.3. The van der Waals surface area contributed by atoms with Gasteiger partial charge in [0.15, 0.2) is 0 Å². The van der Waals surface area contributed by atoms with Gasteiger partial charge in [0.25, 0.3) is 0 Å². The topological polar surface area (TPSA) is 20.2 Å². The molecule has 0 saturated heterocycles. The third kappa shape index (κ3) is 4.00. The molecule has 0 unspecified atom stereocenters. The van der Waals surface area contributed by atoms with Crippen molar-refractivity contribution in [2.75, 3.05) is 0 Å². The van der Waals surface area contributed by atoms with Gasteiger partial charge in [-0.3, -0.25) is 0 Å². The van der Waals surface area contributed by atoms with Crippen LogP contribution in [0.1, 0.15) is 106 Å². The average molecular weight is 427 g/mol. The molecule has 1 heteroatoms. The van der Waals surface area contributed by atoms with Crippen LogP contribution < -0.4 is 0 Å². The molecule has 0 radical (unpaired) electrons. The van der Waals surface area contributed by atoms with Crippen LogP contribution in [0.3, 0.4) is 0 Å². The SMILES string of the molecule is C=C(C)[C@H](CC[C@@H](C)[C@@H]1CC[C@H]2[C@@H]3CC=C4C[C@@H](O)CC[C@]4(C)[C@H]3CC[C@@]21C)C(C)C. The monoisotopic (exact) mass is 426 g/mol. The first kappa shape index (κ1) is 23.6. The fraction of sp³-hybridized carbons (Fsp3) is 0.867. The lowest BCUT2D eigenvalue weighted by molar-refractivity contribution is -0.0574. The largest absolute Gasteiger partial charge is 0.393 e. The van der Waals surface area contributed by atoms with Crippen LogP contribution >= 0.6 is 0 Å². The van der Waals surface area contributed by atoms with Gasteiger partial charge < -0.3 is 5.11 Å². The van der Waals surface area contributed by atoms with Crippen LogP contribution in [-0.2, 0) is 0 Å². The Morgan fingerprint density at radius 3 is 2.48 bits per heavy atom. The maximum absolute atomic E-state index is 10.3. The van der Waals surface area contributed by atoms with Gasteiger partial charge in [-0.2, -0.15) is 0 Å². The number of allylic oxidation sites excluding steroid dienone is 2. The first-order valence-corrected chi connectivity index (χ1v) is 13.6. The summed E-state index contributed by atoms with van der Waals surface area (Å²) in [5.41, 5.74) is 3.92. The summed E-state index contributed by atoms with van der Waals surface area (Å²) in [5, 5.41) is 10.3. The van der Waals surface area contributed by atoms with Gasteiger partial charge in [0.05, 0.1) is 6.10 Å². The summed E-state index contributed by atoms with van der Waals surface area (Å²) in [6.07, 6.45) is 15.4. The molecule has 0 aromatic carbocycles. The van der Waals surface area contributed by atoms with E-state index >= 15 is 0 Å². The van der Waals surface area contributed by atoms with Crippen molar-refractivity contribution in [3.05, 3.63) is 23.8 Å². The Morgan fingerprint density at radius 1 is 1.06 bits per heavy atom. The van der Waals surface area contributed by atoms with Gasteiger partial charge in [-0.05, 0) is 123 Å². The minimum absolute atomic E-state index is 0.0877. The lowest BCUT2D eigenvalue weighted by atomic mass is 9.47. The zero-order valence-corrected chi connectivity index (χ0v) is 21.4. The van der Waals surface area contributed by atoms with Crippen molar-refractivity contribution in [2.45, 2.75) is 112 Å². The molecular weight excluding hydrogens is 376 g/mol. The van der Waals surface area contributed by atoms with E-state index < -0.39 is 0 Å². The summed E-state index contributed by atoms with van der Waals surface area (Å²) in [6.45, 7) is 19.1. The Hall–Kier alpha value is -0.560. The summed E-state index contributed by atoms with van der Waals surface area (Å²) in [6, 6.07) is 0. The van der Waals surface area contributed by atoms with Crippen LogP contribution in [0.4, 0.5) is 0 Å².